The van der Waals surface area contributed by atoms with Gasteiger partial charge in [-0.2, -0.15) is 4.31 Å². The van der Waals surface area contributed by atoms with Gasteiger partial charge in [0.05, 0.1) is 4.90 Å². The number of H-pyrrole nitrogens is 1. The monoisotopic (exact) mass is 407 g/mol. The number of carbonyl (C=O) groups excluding carboxylic acids is 1. The van der Waals surface area contributed by atoms with E-state index in [1.54, 1.807) is 13.8 Å². The molecule has 0 radical (unpaired) electrons. The Bertz CT molecular complexity index is 1050. The Hall–Kier alpha value is -2.52. The summed E-state index contributed by atoms with van der Waals surface area (Å²) in [6, 6.07) is 5.47. The van der Waals surface area contributed by atoms with Gasteiger partial charge in [0.2, 0.25) is 15.9 Å². The predicted octanol–water partition coefficient (Wildman–Crippen LogP) is 1.60. The third kappa shape index (κ3) is 4.00. The molecule has 0 spiro atoms. The molecule has 1 aromatic heterocycles. The first-order valence-electron chi connectivity index (χ1n) is 8.94. The molecule has 1 unspecified atom stereocenters. The molecule has 0 saturated carbocycles. The van der Waals surface area contributed by atoms with E-state index in [0.29, 0.717) is 18.4 Å². The molecule has 0 aliphatic carbocycles. The Morgan fingerprint density at radius 1 is 1.29 bits per heavy atom. The number of aromatic nitrogens is 1. The van der Waals surface area contributed by atoms with Gasteiger partial charge >= 0.3 is 0 Å². The van der Waals surface area contributed by atoms with Gasteiger partial charge in [-0.1, -0.05) is 0 Å². The number of aryl methyl sites for hydroxylation is 2. The van der Waals surface area contributed by atoms with Crippen molar-refractivity contribution in [1.82, 2.24) is 14.6 Å². The predicted molar refractivity (Wildman–Crippen MR) is 102 cm³/mol. The van der Waals surface area contributed by atoms with Gasteiger partial charge in [0.15, 0.2) is 0 Å². The first kappa shape index (κ1) is 20.2. The number of carbonyl (C=O) groups is 1. The molecule has 0 bridgehead atoms. The van der Waals surface area contributed by atoms with Crippen LogP contribution in [0.25, 0.3) is 0 Å². The van der Waals surface area contributed by atoms with Crippen LogP contribution in [-0.2, 0) is 21.4 Å². The third-order valence-electron chi connectivity index (χ3n) is 4.86. The maximum atomic E-state index is 13.1. The maximum absolute atomic E-state index is 13.1. The van der Waals surface area contributed by atoms with Crippen molar-refractivity contribution < 1.29 is 17.6 Å². The number of hydrogen-bond acceptors (Lipinski definition) is 4. The van der Waals surface area contributed by atoms with Crippen LogP contribution < -0.4 is 10.9 Å². The minimum atomic E-state index is -3.92. The molecule has 1 amide bonds. The maximum Gasteiger partial charge on any atom is 0.253 e. The van der Waals surface area contributed by atoms with E-state index in [1.165, 1.54) is 12.1 Å². The molecule has 2 aromatic rings. The van der Waals surface area contributed by atoms with Gasteiger partial charge in [-0.25, -0.2) is 12.8 Å². The fourth-order valence-corrected chi connectivity index (χ4v) is 5.08. The summed E-state index contributed by atoms with van der Waals surface area (Å²) in [4.78, 5) is 27.4. The Morgan fingerprint density at radius 3 is 2.61 bits per heavy atom. The number of halogens is 1. The van der Waals surface area contributed by atoms with Crippen LogP contribution in [0.1, 0.15) is 29.7 Å². The van der Waals surface area contributed by atoms with E-state index < -0.39 is 27.8 Å². The van der Waals surface area contributed by atoms with E-state index >= 15 is 0 Å². The smallest absolute Gasteiger partial charge is 0.253 e. The lowest BCUT2D eigenvalue weighted by Crippen LogP contribution is -2.46. The van der Waals surface area contributed by atoms with E-state index in [4.69, 9.17) is 0 Å². The average molecular weight is 407 g/mol. The molecule has 2 heterocycles. The average Bonchev–Trinajstić information content (AvgIpc) is 3.11. The fourth-order valence-electron chi connectivity index (χ4n) is 3.43. The van der Waals surface area contributed by atoms with Crippen molar-refractivity contribution in [2.75, 3.05) is 6.54 Å². The quantitative estimate of drug-likeness (QED) is 0.786. The summed E-state index contributed by atoms with van der Waals surface area (Å²) in [6.45, 7) is 3.78. The fraction of sp³-hybridized carbons (Fsp3) is 0.368. The molecule has 28 heavy (non-hydrogen) atoms. The first-order valence-corrected chi connectivity index (χ1v) is 10.4. The Balaban J connectivity index is 1.76. The van der Waals surface area contributed by atoms with E-state index in [1.807, 2.05) is 6.07 Å². The van der Waals surface area contributed by atoms with Crippen molar-refractivity contribution in [2.45, 2.75) is 44.2 Å². The third-order valence-corrected chi connectivity index (χ3v) is 6.78. The SMILES string of the molecule is Cc1cc(C)c(CNC(=O)C2CCCN2S(=O)(=O)c2ccc(F)cc2)c(=O)[nH]1. The Morgan fingerprint density at radius 2 is 1.96 bits per heavy atom. The van der Waals surface area contributed by atoms with E-state index in [9.17, 15) is 22.4 Å². The highest BCUT2D eigenvalue weighted by atomic mass is 32.2. The van der Waals surface area contributed by atoms with Crippen LogP contribution in [0.5, 0.6) is 0 Å². The van der Waals surface area contributed by atoms with E-state index in [0.717, 1.165) is 27.7 Å². The summed E-state index contributed by atoms with van der Waals surface area (Å²) in [6.07, 6.45) is 0.929. The highest BCUT2D eigenvalue weighted by Crippen LogP contribution is 2.26. The van der Waals surface area contributed by atoms with Crippen LogP contribution in [0.15, 0.2) is 40.0 Å². The number of rotatable bonds is 5. The molecular formula is C19H22FN3O4S. The van der Waals surface area contributed by atoms with Crippen molar-refractivity contribution in [2.24, 2.45) is 0 Å². The largest absolute Gasteiger partial charge is 0.350 e. The van der Waals surface area contributed by atoms with Crippen molar-refractivity contribution in [3.63, 3.8) is 0 Å². The van der Waals surface area contributed by atoms with Gasteiger partial charge in [-0.3, -0.25) is 9.59 Å². The van der Waals surface area contributed by atoms with Crippen molar-refractivity contribution in [1.29, 1.82) is 0 Å². The molecule has 1 atom stereocenters. The van der Waals surface area contributed by atoms with Gasteiger partial charge in [-0.15, -0.1) is 0 Å². The second-order valence-electron chi connectivity index (χ2n) is 6.89. The second-order valence-corrected chi connectivity index (χ2v) is 8.78. The van der Waals surface area contributed by atoms with Gasteiger partial charge in [-0.05, 0) is 62.6 Å². The van der Waals surface area contributed by atoms with Crippen LogP contribution >= 0.6 is 0 Å². The summed E-state index contributed by atoms with van der Waals surface area (Å²) in [7, 11) is -3.92. The van der Waals surface area contributed by atoms with Crippen molar-refractivity contribution >= 4 is 15.9 Å². The number of nitrogens with one attached hydrogen (secondary N) is 2. The Kier molecular flexibility index (Phi) is 5.66. The lowest BCUT2D eigenvalue weighted by atomic mass is 10.1. The normalized spacial score (nSPS) is 17.6. The van der Waals surface area contributed by atoms with E-state index in [2.05, 4.69) is 10.3 Å². The highest BCUT2D eigenvalue weighted by Gasteiger charge is 2.39. The first-order chi connectivity index (χ1) is 13.2. The summed E-state index contributed by atoms with van der Waals surface area (Å²) in [5, 5.41) is 2.68. The zero-order chi connectivity index (χ0) is 20.5. The standard InChI is InChI=1S/C19H22FN3O4S/c1-12-10-13(2)22-18(24)16(12)11-21-19(25)17-4-3-9-23(17)28(26,27)15-7-5-14(20)6-8-15/h5-8,10,17H,3-4,9,11H2,1-2H3,(H,21,25)(H,22,24). The molecule has 1 saturated heterocycles. The Labute approximate surface area is 162 Å². The summed E-state index contributed by atoms with van der Waals surface area (Å²) < 4.78 is 39.9. The molecule has 1 fully saturated rings. The number of aromatic amines is 1. The molecule has 3 rings (SSSR count). The summed E-state index contributed by atoms with van der Waals surface area (Å²) in [5.41, 5.74) is 1.64. The minimum Gasteiger partial charge on any atom is -0.350 e. The highest BCUT2D eigenvalue weighted by molar-refractivity contribution is 7.89. The van der Waals surface area contributed by atoms with Crippen LogP contribution in [0.3, 0.4) is 0 Å². The molecular weight excluding hydrogens is 385 g/mol. The minimum absolute atomic E-state index is 0.0151. The second kappa shape index (κ2) is 7.84. The van der Waals surface area contributed by atoms with Crippen LogP contribution in [0, 0.1) is 19.7 Å². The van der Waals surface area contributed by atoms with Gasteiger partial charge in [0.25, 0.3) is 5.56 Å². The zero-order valence-electron chi connectivity index (χ0n) is 15.7. The zero-order valence-corrected chi connectivity index (χ0v) is 16.5. The number of amides is 1. The van der Waals surface area contributed by atoms with Crippen molar-refractivity contribution in [3.8, 4) is 0 Å². The lowest BCUT2D eigenvalue weighted by Gasteiger charge is -2.23. The van der Waals surface area contributed by atoms with Gasteiger partial charge < -0.3 is 10.3 Å². The number of pyridine rings is 1. The molecule has 2 N–H and O–H groups in total. The number of hydrogen-bond donors (Lipinski definition) is 2. The van der Waals surface area contributed by atoms with Gasteiger partial charge in [0.1, 0.15) is 11.9 Å². The van der Waals surface area contributed by atoms with Crippen molar-refractivity contribution in [3.05, 3.63) is 63.3 Å². The van der Waals surface area contributed by atoms with E-state index in [-0.39, 0.29) is 23.5 Å². The summed E-state index contributed by atoms with van der Waals surface area (Å²) >= 11 is 0. The molecule has 1 aromatic carbocycles. The molecule has 1 aliphatic rings. The van der Waals surface area contributed by atoms with Crippen LogP contribution in [0.2, 0.25) is 0 Å². The van der Waals surface area contributed by atoms with Gasteiger partial charge in [0, 0.05) is 24.3 Å². The molecule has 7 nitrogen and oxygen atoms in total. The summed E-state index contributed by atoms with van der Waals surface area (Å²) in [5.74, 6) is -0.990. The topological polar surface area (TPSA) is 99.3 Å². The number of benzene rings is 1. The number of nitrogens with zero attached hydrogens (tertiary/aromatic N) is 1. The number of sulfonamides is 1. The lowest BCUT2D eigenvalue weighted by molar-refractivity contribution is -0.124. The molecule has 150 valence electrons. The molecule has 9 heteroatoms. The molecule has 1 aliphatic heterocycles. The van der Waals surface area contributed by atoms with Crippen LogP contribution in [0.4, 0.5) is 4.39 Å². The van der Waals surface area contributed by atoms with Crippen LogP contribution in [-0.4, -0.2) is 36.2 Å².